The number of nitrogens with one attached hydrogen (secondary N) is 1. The Kier molecular flexibility index (Phi) is 5.54. The van der Waals surface area contributed by atoms with Crippen LogP contribution in [0.1, 0.15) is 36.9 Å². The minimum Gasteiger partial charge on any atom is -0.330 e. The molecule has 3 aromatic rings. The second kappa shape index (κ2) is 8.41. The van der Waals surface area contributed by atoms with Gasteiger partial charge in [-0.3, -0.25) is 4.79 Å². The van der Waals surface area contributed by atoms with Gasteiger partial charge in [0.1, 0.15) is 6.04 Å². The zero-order valence-corrected chi connectivity index (χ0v) is 16.3. The van der Waals surface area contributed by atoms with Crippen LogP contribution in [0.2, 0.25) is 0 Å². The normalized spacial score (nSPS) is 16.8. The predicted octanol–water partition coefficient (Wildman–Crippen LogP) is 4.32. The molecule has 0 spiro atoms. The molecule has 1 aliphatic carbocycles. The minimum atomic E-state index is -0.153. The Bertz CT molecular complexity index is 952. The number of rotatable bonds is 5. The van der Waals surface area contributed by atoms with E-state index in [0.29, 0.717) is 6.04 Å². The van der Waals surface area contributed by atoms with Gasteiger partial charge in [-0.2, -0.15) is 0 Å². The minimum absolute atomic E-state index is 0.0476. The largest absolute Gasteiger partial charge is 0.330 e. The standard InChI is InChI=1S/C25H26N2O/c1-18(26-23-17-9-13-20-12-5-6-14-21(20)23)25(28)27-24-16-8-7-15-22(24)19-10-3-2-4-11-19/h2-8,10-12,14-16,18,23,26H,9,13,17H2,1H3,(H,27,28)/p+1/t18-,23-/m0/s1. The van der Waals surface area contributed by atoms with Crippen molar-refractivity contribution in [3.05, 3.63) is 90.0 Å². The third-order valence-corrected chi connectivity index (χ3v) is 5.62. The highest BCUT2D eigenvalue weighted by Crippen LogP contribution is 2.28. The summed E-state index contributed by atoms with van der Waals surface area (Å²) >= 11 is 0. The van der Waals surface area contributed by atoms with Crippen LogP contribution in [-0.2, 0) is 11.2 Å². The van der Waals surface area contributed by atoms with E-state index in [1.807, 2.05) is 43.3 Å². The van der Waals surface area contributed by atoms with Gasteiger partial charge in [0.05, 0.1) is 0 Å². The van der Waals surface area contributed by atoms with Crippen LogP contribution in [0.25, 0.3) is 11.1 Å². The molecule has 3 nitrogen and oxygen atoms in total. The first-order valence-corrected chi connectivity index (χ1v) is 10.1. The van der Waals surface area contributed by atoms with E-state index < -0.39 is 0 Å². The third-order valence-electron chi connectivity index (χ3n) is 5.62. The van der Waals surface area contributed by atoms with Crippen LogP contribution in [0.4, 0.5) is 5.69 Å². The van der Waals surface area contributed by atoms with Crippen LogP contribution in [0, 0.1) is 0 Å². The lowest BCUT2D eigenvalue weighted by molar-refractivity contribution is -0.714. The number of carbonyl (C=O) groups excluding carboxylic acids is 1. The Morgan fingerprint density at radius 2 is 1.68 bits per heavy atom. The number of fused-ring (bicyclic) bond motifs is 1. The molecule has 3 aromatic carbocycles. The third kappa shape index (κ3) is 4.00. The van der Waals surface area contributed by atoms with Crippen molar-refractivity contribution < 1.29 is 10.1 Å². The van der Waals surface area contributed by atoms with E-state index in [9.17, 15) is 4.79 Å². The van der Waals surface area contributed by atoms with Crippen LogP contribution < -0.4 is 10.6 Å². The van der Waals surface area contributed by atoms with Crippen LogP contribution in [-0.4, -0.2) is 11.9 Å². The van der Waals surface area contributed by atoms with Crippen molar-refractivity contribution in [2.75, 3.05) is 5.32 Å². The molecule has 28 heavy (non-hydrogen) atoms. The molecule has 0 saturated carbocycles. The van der Waals surface area contributed by atoms with Crippen molar-refractivity contribution in [1.82, 2.24) is 0 Å². The van der Waals surface area contributed by atoms with E-state index in [4.69, 9.17) is 0 Å². The molecule has 0 unspecified atom stereocenters. The highest BCUT2D eigenvalue weighted by Gasteiger charge is 2.27. The van der Waals surface area contributed by atoms with Gasteiger partial charge in [0, 0.05) is 23.2 Å². The maximum Gasteiger partial charge on any atom is 0.282 e. The van der Waals surface area contributed by atoms with Gasteiger partial charge in [-0.25, -0.2) is 0 Å². The Balaban J connectivity index is 1.48. The molecule has 3 heteroatoms. The fourth-order valence-corrected chi connectivity index (χ4v) is 4.14. The quantitative estimate of drug-likeness (QED) is 0.689. The van der Waals surface area contributed by atoms with Gasteiger partial charge < -0.3 is 10.6 Å². The smallest absolute Gasteiger partial charge is 0.282 e. The van der Waals surface area contributed by atoms with Crippen molar-refractivity contribution in [3.63, 3.8) is 0 Å². The first-order valence-electron chi connectivity index (χ1n) is 10.1. The maximum absolute atomic E-state index is 12.9. The zero-order valence-electron chi connectivity index (χ0n) is 16.3. The number of hydrogen-bond acceptors (Lipinski definition) is 1. The summed E-state index contributed by atoms with van der Waals surface area (Å²) in [6.07, 6.45) is 3.45. The molecule has 0 radical (unpaired) electrons. The molecule has 1 aliphatic rings. The number of amides is 1. The molecule has 0 bridgehead atoms. The number of quaternary nitrogens is 1. The molecule has 0 aliphatic heterocycles. The molecule has 0 heterocycles. The number of para-hydroxylation sites is 1. The van der Waals surface area contributed by atoms with E-state index >= 15 is 0 Å². The SMILES string of the molecule is C[C@H]([NH2+][C@H]1CCCc2ccccc21)C(=O)Nc1ccccc1-c1ccccc1. The fourth-order valence-electron chi connectivity index (χ4n) is 4.14. The number of anilines is 1. The number of carbonyl (C=O) groups is 1. The second-order valence-corrected chi connectivity index (χ2v) is 7.58. The van der Waals surface area contributed by atoms with Crippen LogP contribution in [0.3, 0.4) is 0 Å². The number of hydrogen-bond donors (Lipinski definition) is 2. The Morgan fingerprint density at radius 1 is 0.964 bits per heavy atom. The van der Waals surface area contributed by atoms with Gasteiger partial charge in [-0.05, 0) is 37.0 Å². The first-order chi connectivity index (χ1) is 13.7. The Labute approximate surface area is 166 Å². The summed E-state index contributed by atoms with van der Waals surface area (Å²) in [6.45, 7) is 2.00. The Hall–Kier alpha value is -2.91. The van der Waals surface area contributed by atoms with Crippen molar-refractivity contribution >= 4 is 11.6 Å². The van der Waals surface area contributed by atoms with Crippen molar-refractivity contribution in [2.24, 2.45) is 0 Å². The summed E-state index contributed by atoms with van der Waals surface area (Å²) in [7, 11) is 0. The van der Waals surface area contributed by atoms with E-state index in [2.05, 4.69) is 53.1 Å². The Morgan fingerprint density at radius 3 is 2.54 bits per heavy atom. The predicted molar refractivity (Wildman–Crippen MR) is 114 cm³/mol. The van der Waals surface area contributed by atoms with Gasteiger partial charge in [-0.1, -0.05) is 72.8 Å². The highest BCUT2D eigenvalue weighted by molar-refractivity contribution is 5.97. The maximum atomic E-state index is 12.9. The van der Waals surface area contributed by atoms with Gasteiger partial charge in [-0.15, -0.1) is 0 Å². The summed E-state index contributed by atoms with van der Waals surface area (Å²) in [4.78, 5) is 12.9. The summed E-state index contributed by atoms with van der Waals surface area (Å²) in [5, 5.41) is 5.37. The molecule has 2 atom stereocenters. The zero-order chi connectivity index (χ0) is 19.3. The van der Waals surface area contributed by atoms with Gasteiger partial charge in [0.15, 0.2) is 6.04 Å². The molecule has 1 amide bonds. The first kappa shape index (κ1) is 18.5. The van der Waals surface area contributed by atoms with E-state index in [1.165, 1.54) is 17.5 Å². The molecule has 0 saturated heterocycles. The van der Waals surface area contributed by atoms with Crippen LogP contribution >= 0.6 is 0 Å². The van der Waals surface area contributed by atoms with Crippen molar-refractivity contribution in [3.8, 4) is 11.1 Å². The molecular formula is C25H27N2O+. The molecule has 3 N–H and O–H groups in total. The van der Waals surface area contributed by atoms with Gasteiger partial charge in [0.2, 0.25) is 0 Å². The number of nitrogens with two attached hydrogens (primary N) is 1. The second-order valence-electron chi connectivity index (χ2n) is 7.58. The van der Waals surface area contributed by atoms with E-state index in [-0.39, 0.29) is 11.9 Å². The van der Waals surface area contributed by atoms with E-state index in [1.54, 1.807) is 0 Å². The van der Waals surface area contributed by atoms with Crippen molar-refractivity contribution in [2.45, 2.75) is 38.3 Å². The fraction of sp³-hybridized carbons (Fsp3) is 0.240. The molecule has 4 rings (SSSR count). The monoisotopic (exact) mass is 371 g/mol. The molecule has 0 fully saturated rings. The van der Waals surface area contributed by atoms with Gasteiger partial charge in [0.25, 0.3) is 5.91 Å². The van der Waals surface area contributed by atoms with Crippen molar-refractivity contribution in [1.29, 1.82) is 0 Å². The average molecular weight is 372 g/mol. The highest BCUT2D eigenvalue weighted by atomic mass is 16.2. The summed E-state index contributed by atoms with van der Waals surface area (Å²) in [5.74, 6) is 0.0476. The number of aryl methyl sites for hydroxylation is 1. The summed E-state index contributed by atoms with van der Waals surface area (Å²) in [5.41, 5.74) is 5.83. The molecular weight excluding hydrogens is 344 g/mol. The lowest BCUT2D eigenvalue weighted by atomic mass is 9.87. The van der Waals surface area contributed by atoms with Crippen LogP contribution in [0.15, 0.2) is 78.9 Å². The number of benzene rings is 3. The lowest BCUT2D eigenvalue weighted by Crippen LogP contribution is -2.92. The topological polar surface area (TPSA) is 45.7 Å². The molecule has 142 valence electrons. The lowest BCUT2D eigenvalue weighted by Gasteiger charge is -2.26. The van der Waals surface area contributed by atoms with Crippen LogP contribution in [0.5, 0.6) is 0 Å². The summed E-state index contributed by atoms with van der Waals surface area (Å²) < 4.78 is 0. The average Bonchev–Trinajstić information content (AvgIpc) is 2.75. The summed E-state index contributed by atoms with van der Waals surface area (Å²) in [6, 6.07) is 27.0. The van der Waals surface area contributed by atoms with E-state index in [0.717, 1.165) is 29.7 Å². The molecule has 0 aromatic heterocycles. The van der Waals surface area contributed by atoms with Gasteiger partial charge >= 0.3 is 0 Å².